The zero-order valence-electron chi connectivity index (χ0n) is 11.5. The lowest BCUT2D eigenvalue weighted by atomic mass is 9.94. The van der Waals surface area contributed by atoms with Crippen molar-refractivity contribution >= 4 is 17.1 Å². The van der Waals surface area contributed by atoms with Crippen LogP contribution in [0.15, 0.2) is 47.8 Å². The number of aromatic nitrogens is 2. The maximum atomic E-state index is 12.4. The molecule has 1 aliphatic carbocycles. The van der Waals surface area contributed by atoms with Crippen LogP contribution >= 0.6 is 11.3 Å². The quantitative estimate of drug-likeness (QED) is 0.712. The molecule has 0 unspecified atom stereocenters. The minimum atomic E-state index is 0.224. The van der Waals surface area contributed by atoms with Crippen LogP contribution in [-0.4, -0.2) is 15.6 Å². The second-order valence-electron chi connectivity index (χ2n) is 5.17. The Bertz CT molecular complexity index is 788. The Kier molecular flexibility index (Phi) is 2.97. The van der Waals surface area contributed by atoms with Crippen molar-refractivity contribution in [1.82, 2.24) is 9.78 Å². The summed E-state index contributed by atoms with van der Waals surface area (Å²) in [5.41, 5.74) is 3.74. The molecule has 3 aromatic rings. The number of rotatable bonds is 2. The number of carbonyl (C=O) groups is 1. The van der Waals surface area contributed by atoms with Gasteiger partial charge in [-0.1, -0.05) is 24.3 Å². The molecule has 4 rings (SSSR count). The van der Waals surface area contributed by atoms with Crippen LogP contribution in [0, 0.1) is 0 Å². The van der Waals surface area contributed by atoms with Crippen LogP contribution in [0.25, 0.3) is 16.3 Å². The highest BCUT2D eigenvalue weighted by molar-refractivity contribution is 7.13. The van der Waals surface area contributed by atoms with E-state index in [1.807, 2.05) is 52.5 Å². The first-order valence-electron chi connectivity index (χ1n) is 7.09. The second kappa shape index (κ2) is 4.97. The molecule has 0 saturated carbocycles. The first-order chi connectivity index (χ1) is 10.3. The first-order valence-corrected chi connectivity index (χ1v) is 7.97. The van der Waals surface area contributed by atoms with E-state index in [9.17, 15) is 4.79 Å². The number of hydrogen-bond acceptors (Lipinski definition) is 3. The van der Waals surface area contributed by atoms with Crippen LogP contribution in [0.3, 0.4) is 0 Å². The maximum absolute atomic E-state index is 12.4. The van der Waals surface area contributed by atoms with Gasteiger partial charge in [-0.25, -0.2) is 4.68 Å². The van der Waals surface area contributed by atoms with Crippen molar-refractivity contribution < 1.29 is 4.79 Å². The van der Waals surface area contributed by atoms with E-state index in [0.717, 1.165) is 40.4 Å². The average Bonchev–Trinajstić information content (AvgIpc) is 3.16. The minimum Gasteiger partial charge on any atom is -0.294 e. The Morgan fingerprint density at radius 3 is 2.67 bits per heavy atom. The van der Waals surface area contributed by atoms with E-state index in [-0.39, 0.29) is 5.78 Å². The van der Waals surface area contributed by atoms with Gasteiger partial charge in [0.1, 0.15) is 5.69 Å². The van der Waals surface area contributed by atoms with Crippen molar-refractivity contribution in [2.75, 3.05) is 0 Å². The molecule has 0 radical (unpaired) electrons. The molecule has 1 aromatic carbocycles. The molecular formula is C17H14N2OS. The Morgan fingerprint density at radius 1 is 1.05 bits per heavy atom. The second-order valence-corrected chi connectivity index (χ2v) is 6.12. The zero-order valence-corrected chi connectivity index (χ0v) is 12.3. The molecule has 3 nitrogen and oxygen atoms in total. The van der Waals surface area contributed by atoms with Gasteiger partial charge in [-0.05, 0) is 36.4 Å². The molecule has 0 spiro atoms. The number of para-hydroxylation sites is 1. The largest absolute Gasteiger partial charge is 0.294 e. The van der Waals surface area contributed by atoms with Gasteiger partial charge in [-0.15, -0.1) is 11.3 Å². The Labute approximate surface area is 126 Å². The lowest BCUT2D eigenvalue weighted by Crippen LogP contribution is -2.13. The number of ketones is 1. The molecule has 104 valence electrons. The number of fused-ring (bicyclic) bond motifs is 1. The Hall–Kier alpha value is -2.20. The summed E-state index contributed by atoms with van der Waals surface area (Å²) in [6, 6.07) is 14.1. The highest BCUT2D eigenvalue weighted by Crippen LogP contribution is 2.34. The van der Waals surface area contributed by atoms with E-state index in [4.69, 9.17) is 5.10 Å². The van der Waals surface area contributed by atoms with Crippen LogP contribution < -0.4 is 0 Å². The van der Waals surface area contributed by atoms with Gasteiger partial charge in [0.15, 0.2) is 5.78 Å². The van der Waals surface area contributed by atoms with Crippen LogP contribution in [0.2, 0.25) is 0 Å². The molecule has 2 heterocycles. The topological polar surface area (TPSA) is 34.9 Å². The fourth-order valence-electron chi connectivity index (χ4n) is 2.89. The number of nitrogens with zero attached hydrogens (tertiary/aromatic N) is 2. The number of hydrogen-bond donors (Lipinski definition) is 0. The van der Waals surface area contributed by atoms with Gasteiger partial charge in [0.25, 0.3) is 0 Å². The van der Waals surface area contributed by atoms with E-state index < -0.39 is 0 Å². The van der Waals surface area contributed by atoms with Gasteiger partial charge in [-0.2, -0.15) is 5.10 Å². The van der Waals surface area contributed by atoms with E-state index in [1.165, 1.54) is 0 Å². The summed E-state index contributed by atoms with van der Waals surface area (Å²) in [4.78, 5) is 13.5. The van der Waals surface area contributed by atoms with E-state index >= 15 is 0 Å². The van der Waals surface area contributed by atoms with Gasteiger partial charge < -0.3 is 0 Å². The Morgan fingerprint density at radius 2 is 1.90 bits per heavy atom. The van der Waals surface area contributed by atoms with Gasteiger partial charge >= 0.3 is 0 Å². The standard InChI is InChI=1S/C17H14N2OS/c20-14-9-4-8-13-16(14)17(15-10-5-11-21-15)18-19(13)12-6-2-1-3-7-12/h1-3,5-7,10-11H,4,8-9H2. The molecule has 0 bridgehead atoms. The summed E-state index contributed by atoms with van der Waals surface area (Å²) in [7, 11) is 0. The SMILES string of the molecule is O=C1CCCc2c1c(-c1cccs1)nn2-c1ccccc1. The van der Waals surface area contributed by atoms with Gasteiger partial charge in [0, 0.05) is 6.42 Å². The smallest absolute Gasteiger partial charge is 0.167 e. The predicted octanol–water partition coefficient (Wildman–Crippen LogP) is 4.12. The molecule has 0 atom stereocenters. The summed E-state index contributed by atoms with van der Waals surface area (Å²) in [6.45, 7) is 0. The first kappa shape index (κ1) is 12.5. The van der Waals surface area contributed by atoms with Crippen molar-refractivity contribution in [2.24, 2.45) is 0 Å². The van der Waals surface area contributed by atoms with Gasteiger partial charge in [-0.3, -0.25) is 4.79 Å². The zero-order chi connectivity index (χ0) is 14.2. The average molecular weight is 294 g/mol. The van der Waals surface area contributed by atoms with Gasteiger partial charge in [0.05, 0.1) is 21.8 Å². The maximum Gasteiger partial charge on any atom is 0.167 e. The Balaban J connectivity index is 1.97. The van der Waals surface area contributed by atoms with E-state index in [1.54, 1.807) is 11.3 Å². The van der Waals surface area contributed by atoms with Gasteiger partial charge in [0.2, 0.25) is 0 Å². The lowest BCUT2D eigenvalue weighted by Gasteiger charge is -2.13. The molecule has 4 heteroatoms. The molecular weight excluding hydrogens is 280 g/mol. The fraction of sp³-hybridized carbons (Fsp3) is 0.176. The fourth-order valence-corrected chi connectivity index (χ4v) is 3.60. The van der Waals surface area contributed by atoms with Crippen molar-refractivity contribution in [2.45, 2.75) is 19.3 Å². The van der Waals surface area contributed by atoms with E-state index in [0.29, 0.717) is 6.42 Å². The number of carbonyl (C=O) groups excluding carboxylic acids is 1. The highest BCUT2D eigenvalue weighted by Gasteiger charge is 2.28. The monoisotopic (exact) mass is 294 g/mol. The molecule has 0 aliphatic heterocycles. The molecule has 21 heavy (non-hydrogen) atoms. The van der Waals surface area contributed by atoms with E-state index in [2.05, 4.69) is 0 Å². The highest BCUT2D eigenvalue weighted by atomic mass is 32.1. The van der Waals surface area contributed by atoms with Crippen LogP contribution in [0.5, 0.6) is 0 Å². The normalized spacial score (nSPS) is 14.2. The molecule has 0 N–H and O–H groups in total. The van der Waals surface area contributed by atoms with Crippen molar-refractivity contribution in [1.29, 1.82) is 0 Å². The third-order valence-electron chi connectivity index (χ3n) is 3.83. The summed E-state index contributed by atoms with van der Waals surface area (Å²) in [5.74, 6) is 0.224. The molecule has 0 saturated heterocycles. The predicted molar refractivity (Wildman–Crippen MR) is 84.1 cm³/mol. The number of Topliss-reactive ketones (excluding diaryl/α,β-unsaturated/α-hetero) is 1. The molecule has 0 amide bonds. The summed E-state index contributed by atoms with van der Waals surface area (Å²) in [5, 5.41) is 6.79. The van der Waals surface area contributed by atoms with Crippen molar-refractivity contribution in [3.8, 4) is 16.3 Å². The number of thiophene rings is 1. The third kappa shape index (κ3) is 2.03. The number of benzene rings is 1. The molecule has 1 aliphatic rings. The van der Waals surface area contributed by atoms with Crippen LogP contribution in [0.4, 0.5) is 0 Å². The summed E-state index contributed by atoms with van der Waals surface area (Å²) in [6.07, 6.45) is 2.45. The van der Waals surface area contributed by atoms with Crippen molar-refractivity contribution in [3.05, 3.63) is 59.1 Å². The van der Waals surface area contributed by atoms with Crippen LogP contribution in [0.1, 0.15) is 28.9 Å². The molecule has 0 fully saturated rings. The van der Waals surface area contributed by atoms with Crippen LogP contribution in [-0.2, 0) is 6.42 Å². The summed E-state index contributed by atoms with van der Waals surface area (Å²) < 4.78 is 1.95. The molecule has 2 aromatic heterocycles. The minimum absolute atomic E-state index is 0.224. The van der Waals surface area contributed by atoms with Crippen molar-refractivity contribution in [3.63, 3.8) is 0 Å². The third-order valence-corrected chi connectivity index (χ3v) is 4.71. The summed E-state index contributed by atoms with van der Waals surface area (Å²) >= 11 is 1.63. The lowest BCUT2D eigenvalue weighted by molar-refractivity contribution is 0.0973.